The van der Waals surface area contributed by atoms with Gasteiger partial charge in [0.05, 0.1) is 12.6 Å². The third-order valence-electron chi connectivity index (χ3n) is 1.81. The second-order valence-electron chi connectivity index (χ2n) is 3.29. The highest BCUT2D eigenvalue weighted by molar-refractivity contribution is 5.74. The Bertz CT molecular complexity index is 481. The minimum atomic E-state index is -0.893. The van der Waals surface area contributed by atoms with E-state index >= 15 is 0 Å². The third-order valence-corrected chi connectivity index (χ3v) is 1.81. The van der Waals surface area contributed by atoms with Gasteiger partial charge in [-0.25, -0.2) is 0 Å². The van der Waals surface area contributed by atoms with E-state index in [4.69, 9.17) is 20.0 Å². The van der Waals surface area contributed by atoms with Crippen LogP contribution in [0.3, 0.4) is 0 Å². The van der Waals surface area contributed by atoms with E-state index in [1.165, 1.54) is 6.08 Å². The molecule has 0 saturated carbocycles. The lowest BCUT2D eigenvalue weighted by Gasteiger charge is -2.03. The lowest BCUT2D eigenvalue weighted by atomic mass is 10.3. The summed E-state index contributed by atoms with van der Waals surface area (Å²) in [5, 5.41) is 15.6. The van der Waals surface area contributed by atoms with Crippen molar-refractivity contribution in [1.29, 1.82) is 5.41 Å². The van der Waals surface area contributed by atoms with Crippen LogP contribution in [0.1, 0.15) is 6.42 Å². The van der Waals surface area contributed by atoms with Crippen molar-refractivity contribution < 1.29 is 19.4 Å². The number of hydrogen-bond acceptors (Lipinski definition) is 4. The maximum absolute atomic E-state index is 10.3. The first-order valence-corrected chi connectivity index (χ1v) is 5.61. The number of aliphatic carboxylic acids is 1. The van der Waals surface area contributed by atoms with Gasteiger partial charge in [0, 0.05) is 0 Å². The number of para-hydroxylation sites is 1. The predicted octanol–water partition coefficient (Wildman–Crippen LogP) is 1.73. The monoisotopic (exact) mass is 276 g/mol. The molecule has 0 heterocycles. The fourth-order valence-corrected chi connectivity index (χ4v) is 1.07. The molecule has 0 aliphatic rings. The molecule has 20 heavy (non-hydrogen) atoms. The highest BCUT2D eigenvalue weighted by atomic mass is 16.5. The van der Waals surface area contributed by atoms with E-state index in [-0.39, 0.29) is 12.8 Å². The quantitative estimate of drug-likeness (QED) is 0.318. The number of allylic oxidation sites excluding steroid dienone is 3. The van der Waals surface area contributed by atoms with Crippen molar-refractivity contribution in [3.8, 4) is 5.75 Å². The number of amides is 1. The summed E-state index contributed by atoms with van der Waals surface area (Å²) >= 11 is 0. The van der Waals surface area contributed by atoms with Crippen LogP contribution in [-0.2, 0) is 9.59 Å². The Kier molecular flexibility index (Phi) is 9.59. The van der Waals surface area contributed by atoms with Gasteiger partial charge in [0.15, 0.2) is 0 Å². The summed E-state index contributed by atoms with van der Waals surface area (Å²) in [6.07, 6.45) is 5.85. The highest BCUT2D eigenvalue weighted by Crippen LogP contribution is 2.11. The van der Waals surface area contributed by atoms with Crippen molar-refractivity contribution in [2.24, 2.45) is 5.73 Å². The summed E-state index contributed by atoms with van der Waals surface area (Å²) in [6.45, 7) is 0. The van der Waals surface area contributed by atoms with E-state index in [1.54, 1.807) is 24.3 Å². The van der Waals surface area contributed by atoms with Gasteiger partial charge in [0.2, 0.25) is 6.41 Å². The molecule has 4 N–H and O–H groups in total. The van der Waals surface area contributed by atoms with Crippen LogP contribution < -0.4 is 10.5 Å². The molecule has 0 fully saturated rings. The maximum Gasteiger partial charge on any atom is 0.307 e. The average molecular weight is 276 g/mol. The standard InChI is InChI=1S/C13H13NO3.CH3NO/c14-10-12(8-4-5-9-13(15)16)17-11-6-2-1-3-7-11;2-1-3/h1-8,10,14H,9H2,(H,15,16);1H,(H2,2,3)/b5-4+,12-8+,14-10?;. The van der Waals surface area contributed by atoms with E-state index in [9.17, 15) is 4.79 Å². The first-order chi connectivity index (χ1) is 9.63. The van der Waals surface area contributed by atoms with Crippen LogP contribution >= 0.6 is 0 Å². The van der Waals surface area contributed by atoms with Crippen LogP contribution in [0, 0.1) is 5.41 Å². The Morgan fingerprint density at radius 3 is 2.45 bits per heavy atom. The zero-order chi connectivity index (χ0) is 15.2. The van der Waals surface area contributed by atoms with Crippen LogP contribution in [0.4, 0.5) is 0 Å². The van der Waals surface area contributed by atoms with Crippen LogP contribution in [0.2, 0.25) is 0 Å². The molecule has 106 valence electrons. The van der Waals surface area contributed by atoms with Crippen molar-refractivity contribution in [3.05, 3.63) is 54.3 Å². The molecule has 0 aliphatic heterocycles. The number of benzene rings is 1. The summed E-state index contributed by atoms with van der Waals surface area (Å²) < 4.78 is 5.39. The van der Waals surface area contributed by atoms with Crippen LogP contribution in [0.15, 0.2) is 54.3 Å². The molecule has 1 aromatic carbocycles. The van der Waals surface area contributed by atoms with Gasteiger partial charge in [-0.05, 0) is 18.2 Å². The Morgan fingerprint density at radius 2 is 1.95 bits per heavy atom. The number of hydrogen-bond donors (Lipinski definition) is 3. The van der Waals surface area contributed by atoms with Gasteiger partial charge in [-0.2, -0.15) is 0 Å². The van der Waals surface area contributed by atoms with Gasteiger partial charge >= 0.3 is 5.97 Å². The zero-order valence-corrected chi connectivity index (χ0v) is 10.7. The van der Waals surface area contributed by atoms with E-state index in [0.29, 0.717) is 11.5 Å². The van der Waals surface area contributed by atoms with Crippen molar-refractivity contribution in [1.82, 2.24) is 0 Å². The van der Waals surface area contributed by atoms with Gasteiger partial charge in [0.25, 0.3) is 0 Å². The van der Waals surface area contributed by atoms with Gasteiger partial charge in [-0.1, -0.05) is 30.4 Å². The number of primary amides is 1. The van der Waals surface area contributed by atoms with Gasteiger partial charge in [0.1, 0.15) is 11.5 Å². The second kappa shape index (κ2) is 11.2. The predicted molar refractivity (Wildman–Crippen MR) is 75.6 cm³/mol. The topological polar surface area (TPSA) is 113 Å². The Balaban J connectivity index is 0.00000110. The zero-order valence-electron chi connectivity index (χ0n) is 10.7. The molecular formula is C14H16N2O4. The van der Waals surface area contributed by atoms with Gasteiger partial charge in [-0.15, -0.1) is 0 Å². The van der Waals surface area contributed by atoms with Crippen molar-refractivity contribution in [2.75, 3.05) is 0 Å². The Hall–Kier alpha value is -2.89. The summed E-state index contributed by atoms with van der Waals surface area (Å²) in [5.74, 6) is 0.0850. The number of carbonyl (C=O) groups excluding carboxylic acids is 1. The molecule has 0 atom stereocenters. The normalized spacial score (nSPS) is 10.3. The minimum Gasteiger partial charge on any atom is -0.481 e. The number of carboxylic acids is 1. The molecule has 0 bridgehead atoms. The molecule has 1 rings (SSSR count). The Morgan fingerprint density at radius 1 is 1.35 bits per heavy atom. The Labute approximate surface area is 116 Å². The molecule has 0 spiro atoms. The molecule has 6 heteroatoms. The summed E-state index contributed by atoms with van der Waals surface area (Å²) in [6, 6.07) is 9.08. The molecule has 0 aliphatic carbocycles. The fraction of sp³-hybridized carbons (Fsp3) is 0.0714. The molecular weight excluding hydrogens is 260 g/mol. The number of ether oxygens (including phenoxy) is 1. The number of rotatable bonds is 6. The molecule has 0 aromatic heterocycles. The summed E-state index contributed by atoms with van der Waals surface area (Å²) in [5.41, 5.74) is 4.17. The summed E-state index contributed by atoms with van der Waals surface area (Å²) in [7, 11) is 0. The average Bonchev–Trinajstić information content (AvgIpc) is 2.44. The molecule has 1 amide bonds. The van der Waals surface area contributed by atoms with Crippen LogP contribution in [0.25, 0.3) is 0 Å². The van der Waals surface area contributed by atoms with Crippen molar-refractivity contribution in [2.45, 2.75) is 6.42 Å². The van der Waals surface area contributed by atoms with Gasteiger partial charge < -0.3 is 21.0 Å². The lowest BCUT2D eigenvalue weighted by molar-refractivity contribution is -0.136. The second-order valence-corrected chi connectivity index (χ2v) is 3.29. The first-order valence-electron chi connectivity index (χ1n) is 5.61. The van der Waals surface area contributed by atoms with E-state index in [1.807, 2.05) is 18.2 Å². The smallest absolute Gasteiger partial charge is 0.307 e. The van der Waals surface area contributed by atoms with E-state index in [0.717, 1.165) is 6.21 Å². The maximum atomic E-state index is 10.3. The molecule has 0 radical (unpaired) electrons. The van der Waals surface area contributed by atoms with Crippen LogP contribution in [-0.4, -0.2) is 23.7 Å². The van der Waals surface area contributed by atoms with Crippen molar-refractivity contribution >= 4 is 18.6 Å². The number of nitrogens with one attached hydrogen (secondary N) is 1. The lowest BCUT2D eigenvalue weighted by Crippen LogP contribution is -1.95. The molecule has 6 nitrogen and oxygen atoms in total. The van der Waals surface area contributed by atoms with Crippen molar-refractivity contribution in [3.63, 3.8) is 0 Å². The summed E-state index contributed by atoms with van der Waals surface area (Å²) in [4.78, 5) is 18.8. The van der Waals surface area contributed by atoms with E-state index < -0.39 is 5.97 Å². The molecule has 1 aromatic rings. The fourth-order valence-electron chi connectivity index (χ4n) is 1.07. The van der Waals surface area contributed by atoms with Gasteiger partial charge in [-0.3, -0.25) is 9.59 Å². The number of nitrogens with two attached hydrogens (primary N) is 1. The largest absolute Gasteiger partial charge is 0.481 e. The number of carbonyl (C=O) groups is 2. The number of carboxylic acid groups (broad SMARTS) is 1. The first kappa shape index (κ1) is 17.1. The molecule has 0 saturated heterocycles. The minimum absolute atomic E-state index is 0.0485. The van der Waals surface area contributed by atoms with E-state index in [2.05, 4.69) is 5.73 Å². The third kappa shape index (κ3) is 9.17. The molecule has 0 unspecified atom stereocenters. The highest BCUT2D eigenvalue weighted by Gasteiger charge is 1.95. The van der Waals surface area contributed by atoms with Crippen LogP contribution in [0.5, 0.6) is 5.75 Å². The SMILES string of the molecule is N=C/C(=C\C=C\CC(=O)O)Oc1ccccc1.NC=O.